The molecule has 2 saturated heterocycles. The van der Waals surface area contributed by atoms with Crippen LogP contribution in [0, 0.1) is 5.92 Å². The Kier molecular flexibility index (Phi) is 6.66. The van der Waals surface area contributed by atoms with Crippen LogP contribution in [-0.2, 0) is 17.8 Å². The summed E-state index contributed by atoms with van der Waals surface area (Å²) in [6.07, 6.45) is 5.72. The third-order valence-electron chi connectivity index (χ3n) is 7.30. The van der Waals surface area contributed by atoms with Gasteiger partial charge in [-0.15, -0.1) is 11.3 Å². The Morgan fingerprint density at radius 2 is 1.91 bits per heavy atom. The number of pyridine rings is 1. The van der Waals surface area contributed by atoms with Crippen molar-refractivity contribution < 1.29 is 9.59 Å². The summed E-state index contributed by atoms with van der Waals surface area (Å²) in [6, 6.07) is 16.3. The molecule has 178 valence electrons. The van der Waals surface area contributed by atoms with Gasteiger partial charge in [0.1, 0.15) is 5.54 Å². The van der Waals surface area contributed by atoms with Crippen molar-refractivity contribution >= 4 is 33.4 Å². The van der Waals surface area contributed by atoms with E-state index in [0.717, 1.165) is 44.6 Å². The van der Waals surface area contributed by atoms with Crippen LogP contribution in [0.2, 0.25) is 0 Å². The highest BCUT2D eigenvalue weighted by Crippen LogP contribution is 2.38. The first kappa shape index (κ1) is 23.0. The van der Waals surface area contributed by atoms with Crippen molar-refractivity contribution in [1.29, 1.82) is 0 Å². The Hall–Kier alpha value is -2.77. The monoisotopic (exact) mass is 476 g/mol. The summed E-state index contributed by atoms with van der Waals surface area (Å²) in [5, 5.41) is 4.47. The topological polar surface area (TPSA) is 65.5 Å². The molecule has 2 aliphatic heterocycles. The fraction of sp³-hybridized carbons (Fsp3) is 0.444. The second-order valence-electron chi connectivity index (χ2n) is 9.48. The fourth-order valence-electron chi connectivity index (χ4n) is 5.58. The molecule has 2 aliphatic rings. The molecule has 7 heteroatoms. The van der Waals surface area contributed by atoms with Crippen LogP contribution in [0.5, 0.6) is 0 Å². The number of aromatic nitrogens is 1. The van der Waals surface area contributed by atoms with E-state index in [1.807, 2.05) is 29.5 Å². The van der Waals surface area contributed by atoms with Gasteiger partial charge in [0, 0.05) is 41.0 Å². The van der Waals surface area contributed by atoms with Crippen molar-refractivity contribution in [2.24, 2.45) is 5.92 Å². The van der Waals surface area contributed by atoms with E-state index in [-0.39, 0.29) is 17.9 Å². The molecule has 5 rings (SSSR count). The van der Waals surface area contributed by atoms with E-state index in [4.69, 9.17) is 0 Å². The molecular weight excluding hydrogens is 444 g/mol. The van der Waals surface area contributed by atoms with Crippen molar-refractivity contribution in [2.45, 2.75) is 51.1 Å². The van der Waals surface area contributed by atoms with E-state index in [2.05, 4.69) is 52.5 Å². The zero-order chi connectivity index (χ0) is 23.5. The van der Waals surface area contributed by atoms with Gasteiger partial charge in [0.05, 0.1) is 0 Å². The first-order chi connectivity index (χ1) is 16.6. The Balaban J connectivity index is 1.24. The Morgan fingerprint density at radius 1 is 1.12 bits per heavy atom. The summed E-state index contributed by atoms with van der Waals surface area (Å²) in [5.41, 5.74) is 0.130. The van der Waals surface area contributed by atoms with Gasteiger partial charge < -0.3 is 5.32 Å². The molecule has 0 aliphatic carbocycles. The van der Waals surface area contributed by atoms with Gasteiger partial charge in [-0.2, -0.15) is 0 Å². The molecule has 0 radical (unpaired) electrons. The molecule has 3 aromatic rings. The van der Waals surface area contributed by atoms with Gasteiger partial charge >= 0.3 is 6.03 Å². The van der Waals surface area contributed by atoms with E-state index in [1.54, 1.807) is 6.20 Å². The molecule has 0 bridgehead atoms. The number of benzene rings is 1. The number of carbonyl (C=O) groups is 2. The number of hydrogen-bond donors (Lipinski definition) is 1. The third kappa shape index (κ3) is 4.46. The Labute approximate surface area is 205 Å². The number of nitrogens with one attached hydrogen (secondary N) is 1. The number of amides is 3. The minimum absolute atomic E-state index is 0.0433. The standard InChI is InChI=1S/C27H32N4O2S/c1-2-13-27(25(32)31(26(33)29-27)17-12-22-8-5-6-14-28-22)21-10-15-30(16-11-21)19-23-18-20-7-3-4-9-24(20)34-23/h3-9,14,18,21H,2,10-13,15-17,19H2,1H3,(H,29,33). The number of thiophene rings is 1. The average molecular weight is 477 g/mol. The van der Waals surface area contributed by atoms with Crippen LogP contribution in [0.25, 0.3) is 10.1 Å². The molecule has 34 heavy (non-hydrogen) atoms. The number of piperidine rings is 1. The molecule has 4 heterocycles. The van der Waals surface area contributed by atoms with Gasteiger partial charge in [0.25, 0.3) is 5.91 Å². The van der Waals surface area contributed by atoms with Crippen LogP contribution < -0.4 is 5.32 Å². The van der Waals surface area contributed by atoms with Crippen LogP contribution in [0.3, 0.4) is 0 Å². The number of carbonyl (C=O) groups excluding carboxylic acids is 2. The number of likely N-dealkylation sites (tertiary alicyclic amines) is 1. The predicted octanol–water partition coefficient (Wildman–Crippen LogP) is 4.84. The molecule has 0 spiro atoms. The fourth-order valence-corrected chi connectivity index (χ4v) is 6.69. The number of hydrogen-bond acceptors (Lipinski definition) is 5. The molecule has 2 aromatic heterocycles. The smallest absolute Gasteiger partial charge is 0.323 e. The second kappa shape index (κ2) is 9.84. The number of fused-ring (bicyclic) bond motifs is 1. The van der Waals surface area contributed by atoms with E-state index >= 15 is 0 Å². The van der Waals surface area contributed by atoms with Crippen LogP contribution in [-0.4, -0.2) is 51.9 Å². The van der Waals surface area contributed by atoms with Crippen molar-refractivity contribution in [3.63, 3.8) is 0 Å². The Morgan fingerprint density at radius 3 is 2.65 bits per heavy atom. The predicted molar refractivity (Wildman–Crippen MR) is 136 cm³/mol. The highest BCUT2D eigenvalue weighted by Gasteiger charge is 2.55. The van der Waals surface area contributed by atoms with E-state index < -0.39 is 5.54 Å². The summed E-state index contributed by atoms with van der Waals surface area (Å²) < 4.78 is 1.33. The molecule has 1 unspecified atom stereocenters. The van der Waals surface area contributed by atoms with E-state index in [0.29, 0.717) is 19.4 Å². The van der Waals surface area contributed by atoms with Crippen LogP contribution >= 0.6 is 11.3 Å². The summed E-state index contributed by atoms with van der Waals surface area (Å²) >= 11 is 1.86. The van der Waals surface area contributed by atoms with Crippen molar-refractivity contribution in [3.05, 3.63) is 65.3 Å². The van der Waals surface area contributed by atoms with Gasteiger partial charge in [-0.3, -0.25) is 19.6 Å². The summed E-state index contributed by atoms with van der Waals surface area (Å²) in [4.78, 5) is 36.2. The van der Waals surface area contributed by atoms with Crippen LogP contribution in [0.1, 0.15) is 43.2 Å². The third-order valence-corrected chi connectivity index (χ3v) is 8.41. The summed E-state index contributed by atoms with van der Waals surface area (Å²) in [7, 11) is 0. The molecule has 6 nitrogen and oxygen atoms in total. The van der Waals surface area contributed by atoms with E-state index in [1.165, 1.54) is 19.9 Å². The normalized spacial score (nSPS) is 22.0. The highest BCUT2D eigenvalue weighted by atomic mass is 32.1. The lowest BCUT2D eigenvalue weighted by molar-refractivity contribution is -0.134. The lowest BCUT2D eigenvalue weighted by Crippen LogP contribution is -2.56. The zero-order valence-electron chi connectivity index (χ0n) is 19.7. The summed E-state index contributed by atoms with van der Waals surface area (Å²) in [5.74, 6) is 0.126. The van der Waals surface area contributed by atoms with Crippen molar-refractivity contribution in [2.75, 3.05) is 19.6 Å². The van der Waals surface area contributed by atoms with Crippen molar-refractivity contribution in [3.8, 4) is 0 Å². The molecule has 3 amide bonds. The molecule has 2 fully saturated rings. The second-order valence-corrected chi connectivity index (χ2v) is 10.6. The summed E-state index contributed by atoms with van der Waals surface area (Å²) in [6.45, 7) is 5.30. The van der Waals surface area contributed by atoms with Crippen molar-refractivity contribution in [1.82, 2.24) is 20.1 Å². The first-order valence-electron chi connectivity index (χ1n) is 12.3. The van der Waals surface area contributed by atoms with Crippen LogP contribution in [0.4, 0.5) is 4.79 Å². The number of nitrogens with zero attached hydrogens (tertiary/aromatic N) is 3. The number of urea groups is 1. The molecular formula is C27H32N4O2S. The minimum Gasteiger partial charge on any atom is -0.323 e. The maximum absolute atomic E-state index is 13.6. The Bertz CT molecular complexity index is 1120. The molecule has 1 atom stereocenters. The first-order valence-corrected chi connectivity index (χ1v) is 13.1. The highest BCUT2D eigenvalue weighted by molar-refractivity contribution is 7.19. The van der Waals surface area contributed by atoms with E-state index in [9.17, 15) is 9.59 Å². The van der Waals surface area contributed by atoms with Gasteiger partial charge in [0.2, 0.25) is 0 Å². The molecule has 1 N–H and O–H groups in total. The van der Waals surface area contributed by atoms with Gasteiger partial charge in [-0.05, 0) is 67.9 Å². The maximum atomic E-state index is 13.6. The minimum atomic E-state index is -0.764. The SMILES string of the molecule is CCCC1(C2CCN(Cc3cc4ccccc4s3)CC2)NC(=O)N(CCc2ccccn2)C1=O. The lowest BCUT2D eigenvalue weighted by atomic mass is 9.74. The van der Waals surface area contributed by atoms with Gasteiger partial charge in [-0.1, -0.05) is 37.6 Å². The van der Waals surface area contributed by atoms with Gasteiger partial charge in [0.15, 0.2) is 0 Å². The lowest BCUT2D eigenvalue weighted by Gasteiger charge is -2.40. The quantitative estimate of drug-likeness (QED) is 0.473. The molecule has 0 saturated carbocycles. The number of rotatable bonds is 8. The largest absolute Gasteiger partial charge is 0.325 e. The van der Waals surface area contributed by atoms with Crippen LogP contribution in [0.15, 0.2) is 54.7 Å². The van der Waals surface area contributed by atoms with Gasteiger partial charge in [-0.25, -0.2) is 4.79 Å². The number of imide groups is 1. The maximum Gasteiger partial charge on any atom is 0.325 e. The zero-order valence-corrected chi connectivity index (χ0v) is 20.5. The average Bonchev–Trinajstić information content (AvgIpc) is 3.37. The molecule has 1 aromatic carbocycles.